The Labute approximate surface area is 135 Å². The van der Waals surface area contributed by atoms with Crippen molar-refractivity contribution >= 4 is 5.91 Å². The summed E-state index contributed by atoms with van der Waals surface area (Å²) in [6.45, 7) is 4.74. The molecule has 0 aliphatic rings. The third kappa shape index (κ3) is 4.45. The Hall–Kier alpha value is -2.56. The van der Waals surface area contributed by atoms with Crippen LogP contribution in [0.5, 0.6) is 5.75 Å². The summed E-state index contributed by atoms with van der Waals surface area (Å²) in [5, 5.41) is 0. The number of hydrogen-bond acceptors (Lipinski definition) is 3. The Bertz CT molecular complexity index is 708. The first-order chi connectivity index (χ1) is 11.0. The zero-order chi connectivity index (χ0) is 16.8. The molecule has 2 aromatic rings. The van der Waals surface area contributed by atoms with Gasteiger partial charge in [-0.2, -0.15) is 0 Å². The Morgan fingerprint density at radius 1 is 1.17 bits per heavy atom. The van der Waals surface area contributed by atoms with Crippen molar-refractivity contribution in [3.05, 3.63) is 64.1 Å². The van der Waals surface area contributed by atoms with Gasteiger partial charge in [0, 0.05) is 12.7 Å². The molecule has 2 rings (SSSR count). The molecule has 0 fully saturated rings. The lowest BCUT2D eigenvalue weighted by molar-refractivity contribution is 0.0772. The van der Waals surface area contributed by atoms with Crippen molar-refractivity contribution in [3.8, 4) is 5.75 Å². The molecule has 0 saturated carbocycles. The van der Waals surface area contributed by atoms with Gasteiger partial charge >= 0.3 is 0 Å². The van der Waals surface area contributed by atoms with E-state index in [9.17, 15) is 9.59 Å². The van der Waals surface area contributed by atoms with E-state index in [2.05, 4.69) is 4.98 Å². The van der Waals surface area contributed by atoms with Crippen LogP contribution in [0.1, 0.15) is 35.8 Å². The van der Waals surface area contributed by atoms with Gasteiger partial charge in [-0.1, -0.05) is 32.0 Å². The maximum atomic E-state index is 12.3. The number of aromatic amines is 1. The van der Waals surface area contributed by atoms with Crippen molar-refractivity contribution in [2.75, 3.05) is 20.2 Å². The third-order valence-corrected chi connectivity index (χ3v) is 3.57. The average molecular weight is 314 g/mol. The molecule has 23 heavy (non-hydrogen) atoms. The summed E-state index contributed by atoms with van der Waals surface area (Å²) in [6.07, 6.45) is 0. The maximum Gasteiger partial charge on any atom is 0.261 e. The minimum atomic E-state index is -0.350. The molecule has 1 heterocycles. The molecule has 0 atom stereocenters. The number of benzene rings is 1. The fourth-order valence-electron chi connectivity index (χ4n) is 2.12. The van der Waals surface area contributed by atoms with Gasteiger partial charge in [0.25, 0.3) is 11.5 Å². The number of ether oxygens (including phenoxy) is 1. The van der Waals surface area contributed by atoms with Gasteiger partial charge in [-0.3, -0.25) is 9.59 Å². The molecule has 0 aliphatic heterocycles. The minimum Gasteiger partial charge on any atom is -0.492 e. The number of carbonyl (C=O) groups is 1. The highest BCUT2D eigenvalue weighted by Gasteiger charge is 2.16. The van der Waals surface area contributed by atoms with Crippen LogP contribution in [0.15, 0.2) is 47.3 Å². The number of rotatable bonds is 6. The fourth-order valence-corrected chi connectivity index (χ4v) is 2.12. The maximum absolute atomic E-state index is 12.3. The average Bonchev–Trinajstić information content (AvgIpc) is 2.55. The second-order valence-electron chi connectivity index (χ2n) is 5.70. The monoisotopic (exact) mass is 314 g/mol. The molecular formula is C18H22N2O3. The number of nitrogens with one attached hydrogen (secondary N) is 1. The van der Waals surface area contributed by atoms with E-state index in [4.69, 9.17) is 4.74 Å². The highest BCUT2D eigenvalue weighted by molar-refractivity contribution is 5.93. The summed E-state index contributed by atoms with van der Waals surface area (Å²) in [5.41, 5.74) is 0.621. The Morgan fingerprint density at radius 2 is 1.87 bits per heavy atom. The number of hydrogen-bond donors (Lipinski definition) is 1. The van der Waals surface area contributed by atoms with E-state index in [0.717, 1.165) is 11.4 Å². The highest BCUT2D eigenvalue weighted by Crippen LogP contribution is 2.10. The van der Waals surface area contributed by atoms with Gasteiger partial charge in [-0.15, -0.1) is 0 Å². The van der Waals surface area contributed by atoms with Crippen molar-refractivity contribution in [1.82, 2.24) is 9.88 Å². The fraction of sp³-hybridized carbons (Fsp3) is 0.333. The lowest BCUT2D eigenvalue weighted by atomic mass is 10.1. The number of amides is 1. The van der Waals surface area contributed by atoms with Gasteiger partial charge < -0.3 is 14.6 Å². The number of carbonyl (C=O) groups excluding carboxylic acids is 1. The van der Waals surface area contributed by atoms with E-state index < -0.39 is 0 Å². The molecule has 1 aromatic heterocycles. The molecule has 5 heteroatoms. The number of nitrogens with zero attached hydrogens (tertiary/aromatic N) is 1. The molecule has 0 spiro atoms. The largest absolute Gasteiger partial charge is 0.492 e. The van der Waals surface area contributed by atoms with E-state index in [1.54, 1.807) is 19.2 Å². The second kappa shape index (κ2) is 7.63. The highest BCUT2D eigenvalue weighted by atomic mass is 16.5. The molecule has 0 radical (unpaired) electrons. The number of para-hydroxylation sites is 1. The molecule has 1 aromatic carbocycles. The molecule has 0 saturated heterocycles. The number of pyridine rings is 1. The predicted octanol–water partition coefficient (Wildman–Crippen LogP) is 2.65. The van der Waals surface area contributed by atoms with Crippen LogP contribution in [-0.2, 0) is 0 Å². The van der Waals surface area contributed by atoms with Crippen LogP contribution < -0.4 is 10.3 Å². The van der Waals surface area contributed by atoms with Crippen molar-refractivity contribution in [2.45, 2.75) is 19.8 Å². The lowest BCUT2D eigenvalue weighted by Gasteiger charge is -2.17. The molecule has 0 bridgehead atoms. The van der Waals surface area contributed by atoms with E-state index in [-0.39, 0.29) is 22.9 Å². The molecule has 0 unspecified atom stereocenters. The molecule has 0 aliphatic carbocycles. The molecule has 1 N–H and O–H groups in total. The normalized spacial score (nSPS) is 10.6. The van der Waals surface area contributed by atoms with Crippen LogP contribution in [0, 0.1) is 0 Å². The first-order valence-electron chi connectivity index (χ1n) is 7.65. The second-order valence-corrected chi connectivity index (χ2v) is 5.70. The quantitative estimate of drug-likeness (QED) is 0.891. The molecule has 1 amide bonds. The zero-order valence-corrected chi connectivity index (χ0v) is 13.7. The summed E-state index contributed by atoms with van der Waals surface area (Å²) in [5.74, 6) is 0.662. The number of H-pyrrole nitrogens is 1. The van der Waals surface area contributed by atoms with Crippen LogP contribution in [0.3, 0.4) is 0 Å². The lowest BCUT2D eigenvalue weighted by Crippen LogP contribution is -2.34. The van der Waals surface area contributed by atoms with Gasteiger partial charge in [-0.05, 0) is 30.2 Å². The van der Waals surface area contributed by atoms with Crippen LogP contribution in [-0.4, -0.2) is 36.0 Å². The third-order valence-electron chi connectivity index (χ3n) is 3.57. The summed E-state index contributed by atoms with van der Waals surface area (Å²) < 4.78 is 5.56. The Kier molecular flexibility index (Phi) is 5.57. The number of aromatic nitrogens is 1. The van der Waals surface area contributed by atoms with E-state index in [0.29, 0.717) is 13.2 Å². The Morgan fingerprint density at radius 3 is 2.48 bits per heavy atom. The summed E-state index contributed by atoms with van der Waals surface area (Å²) in [6, 6.07) is 12.8. The van der Waals surface area contributed by atoms with Crippen molar-refractivity contribution < 1.29 is 9.53 Å². The van der Waals surface area contributed by atoms with Crippen molar-refractivity contribution in [1.29, 1.82) is 0 Å². The van der Waals surface area contributed by atoms with Crippen LogP contribution in [0.2, 0.25) is 0 Å². The van der Waals surface area contributed by atoms with Gasteiger partial charge in [0.1, 0.15) is 17.9 Å². The SMILES string of the molecule is CC(C)c1ccc(C(=O)N(C)CCOc2ccccc2)c(=O)[nH]1. The van der Waals surface area contributed by atoms with Gasteiger partial charge in [0.2, 0.25) is 0 Å². The predicted molar refractivity (Wildman–Crippen MR) is 90.0 cm³/mol. The van der Waals surface area contributed by atoms with Crippen molar-refractivity contribution in [3.63, 3.8) is 0 Å². The standard InChI is InChI=1S/C18H22N2O3/c1-13(2)16-10-9-15(17(21)19-16)18(22)20(3)11-12-23-14-7-5-4-6-8-14/h4-10,13H,11-12H2,1-3H3,(H,19,21). The molecule has 5 nitrogen and oxygen atoms in total. The summed E-state index contributed by atoms with van der Waals surface area (Å²) in [7, 11) is 1.66. The van der Waals surface area contributed by atoms with Gasteiger partial charge in [0.15, 0.2) is 0 Å². The van der Waals surface area contributed by atoms with E-state index >= 15 is 0 Å². The van der Waals surface area contributed by atoms with Crippen LogP contribution in [0.25, 0.3) is 0 Å². The molecular weight excluding hydrogens is 292 g/mol. The first kappa shape index (κ1) is 16.8. The summed E-state index contributed by atoms with van der Waals surface area (Å²) in [4.78, 5) is 28.6. The van der Waals surface area contributed by atoms with Crippen molar-refractivity contribution in [2.24, 2.45) is 0 Å². The first-order valence-corrected chi connectivity index (χ1v) is 7.65. The summed E-state index contributed by atoms with van der Waals surface area (Å²) >= 11 is 0. The topological polar surface area (TPSA) is 62.4 Å². The van der Waals surface area contributed by atoms with Crippen LogP contribution in [0.4, 0.5) is 0 Å². The smallest absolute Gasteiger partial charge is 0.261 e. The Balaban J connectivity index is 1.95. The van der Waals surface area contributed by atoms with E-state index in [1.807, 2.05) is 44.2 Å². The van der Waals surface area contributed by atoms with Gasteiger partial charge in [0.05, 0.1) is 6.54 Å². The van der Waals surface area contributed by atoms with E-state index in [1.165, 1.54) is 4.90 Å². The van der Waals surface area contributed by atoms with Crippen LogP contribution >= 0.6 is 0 Å². The van der Waals surface area contributed by atoms with Gasteiger partial charge in [-0.25, -0.2) is 0 Å². The number of likely N-dealkylation sites (N-methyl/N-ethyl adjacent to an activating group) is 1. The molecule has 122 valence electrons. The zero-order valence-electron chi connectivity index (χ0n) is 13.7. The minimum absolute atomic E-state index is 0.150.